The number of carbonyl (C=O) groups is 3. The molecule has 3 amide bonds. The summed E-state index contributed by atoms with van der Waals surface area (Å²) < 4.78 is 6.76. The van der Waals surface area contributed by atoms with Crippen molar-refractivity contribution in [3.8, 4) is 0 Å². The molecule has 1 aromatic carbocycles. The summed E-state index contributed by atoms with van der Waals surface area (Å²) in [5.41, 5.74) is 1.80. The van der Waals surface area contributed by atoms with E-state index in [4.69, 9.17) is 4.74 Å². The first kappa shape index (κ1) is 15.8. The first-order valence-corrected chi connectivity index (χ1v) is 7.55. The summed E-state index contributed by atoms with van der Waals surface area (Å²) in [6, 6.07) is 7.07. The summed E-state index contributed by atoms with van der Waals surface area (Å²) in [5.74, 6) is -0.718. The van der Waals surface area contributed by atoms with E-state index in [9.17, 15) is 14.4 Å². The van der Waals surface area contributed by atoms with Crippen LogP contribution in [-0.2, 0) is 20.9 Å². The van der Waals surface area contributed by atoms with Gasteiger partial charge in [-0.1, -0.05) is 18.2 Å². The first-order valence-electron chi connectivity index (χ1n) is 7.55. The van der Waals surface area contributed by atoms with E-state index in [1.807, 2.05) is 24.3 Å². The van der Waals surface area contributed by atoms with Crippen LogP contribution in [0.1, 0.15) is 12.5 Å². The van der Waals surface area contributed by atoms with E-state index in [1.165, 1.54) is 7.05 Å². The smallest absolute Gasteiger partial charge is 0.328 e. The number of nitrogens with one attached hydrogen (secondary N) is 1. The van der Waals surface area contributed by atoms with Gasteiger partial charge in [-0.2, -0.15) is 0 Å². The number of rotatable bonds is 4. The third-order valence-corrected chi connectivity index (χ3v) is 3.81. The summed E-state index contributed by atoms with van der Waals surface area (Å²) in [4.78, 5) is 36.4. The standard InChI is InChI=1S/C17H17N3O4/c1-3-24-15(21)10-20-9-11(12-6-4-5-7-14(12)20)8-13-16(22)19(2)17(23)18-13/h4-9H,3,10H2,1-2H3,(H,18,23)/b13-8+. The molecule has 0 saturated carbocycles. The van der Waals surface area contributed by atoms with Crippen LogP contribution in [0, 0.1) is 0 Å². The normalized spacial score (nSPS) is 16.1. The second-order valence-corrected chi connectivity index (χ2v) is 5.39. The maximum atomic E-state index is 12.0. The lowest BCUT2D eigenvalue weighted by Gasteiger charge is -2.04. The van der Waals surface area contributed by atoms with Crippen LogP contribution in [0.3, 0.4) is 0 Å². The SMILES string of the molecule is CCOC(=O)Cn1cc(/C=C2/NC(=O)N(C)C2=O)c2ccccc21. The Morgan fingerprint density at radius 3 is 2.71 bits per heavy atom. The highest BCUT2D eigenvalue weighted by Crippen LogP contribution is 2.24. The van der Waals surface area contributed by atoms with Gasteiger partial charge < -0.3 is 14.6 Å². The highest BCUT2D eigenvalue weighted by atomic mass is 16.5. The molecule has 0 bridgehead atoms. The zero-order chi connectivity index (χ0) is 17.3. The Kier molecular flexibility index (Phi) is 4.07. The zero-order valence-electron chi connectivity index (χ0n) is 13.4. The minimum absolute atomic E-state index is 0.0811. The molecule has 1 saturated heterocycles. The molecule has 7 nitrogen and oxygen atoms in total. The lowest BCUT2D eigenvalue weighted by Crippen LogP contribution is -2.25. The van der Waals surface area contributed by atoms with Gasteiger partial charge in [0.05, 0.1) is 6.61 Å². The first-order chi connectivity index (χ1) is 11.5. The number of aromatic nitrogens is 1. The van der Waals surface area contributed by atoms with Crippen molar-refractivity contribution in [1.29, 1.82) is 0 Å². The van der Waals surface area contributed by atoms with Crippen molar-refractivity contribution in [3.05, 3.63) is 41.7 Å². The molecule has 7 heteroatoms. The number of para-hydroxylation sites is 1. The number of nitrogens with zero attached hydrogens (tertiary/aromatic N) is 2. The average molecular weight is 327 g/mol. The minimum atomic E-state index is -0.457. The Hall–Kier alpha value is -3.09. The molecule has 124 valence electrons. The maximum Gasteiger partial charge on any atom is 0.328 e. The second-order valence-electron chi connectivity index (χ2n) is 5.39. The van der Waals surface area contributed by atoms with Crippen molar-refractivity contribution >= 4 is 34.9 Å². The van der Waals surface area contributed by atoms with Gasteiger partial charge in [0.1, 0.15) is 12.2 Å². The van der Waals surface area contributed by atoms with Crippen LogP contribution in [0.2, 0.25) is 0 Å². The molecule has 2 heterocycles. The van der Waals surface area contributed by atoms with E-state index < -0.39 is 6.03 Å². The Morgan fingerprint density at radius 1 is 1.29 bits per heavy atom. The number of fused-ring (bicyclic) bond motifs is 1. The highest BCUT2D eigenvalue weighted by Gasteiger charge is 2.30. The Bertz CT molecular complexity index is 866. The van der Waals surface area contributed by atoms with Crippen LogP contribution in [0.15, 0.2) is 36.2 Å². The molecule has 0 atom stereocenters. The van der Waals surface area contributed by atoms with Crippen molar-refractivity contribution in [3.63, 3.8) is 0 Å². The molecule has 0 unspecified atom stereocenters. The number of amides is 3. The third-order valence-electron chi connectivity index (χ3n) is 3.81. The van der Waals surface area contributed by atoms with Crippen LogP contribution in [0.25, 0.3) is 17.0 Å². The van der Waals surface area contributed by atoms with E-state index >= 15 is 0 Å². The molecule has 1 aliphatic rings. The molecular weight excluding hydrogens is 310 g/mol. The zero-order valence-corrected chi connectivity index (χ0v) is 13.4. The predicted molar refractivity (Wildman–Crippen MR) is 87.8 cm³/mol. The van der Waals surface area contributed by atoms with E-state index in [0.717, 1.165) is 21.4 Å². The molecule has 3 rings (SSSR count). The van der Waals surface area contributed by atoms with E-state index in [-0.39, 0.29) is 24.1 Å². The van der Waals surface area contributed by atoms with Crippen LogP contribution >= 0.6 is 0 Å². The molecule has 1 aliphatic heterocycles. The summed E-state index contributed by atoms with van der Waals surface area (Å²) in [7, 11) is 1.42. The fourth-order valence-electron chi connectivity index (χ4n) is 2.65. The van der Waals surface area contributed by atoms with Gasteiger partial charge in [0, 0.05) is 29.7 Å². The van der Waals surface area contributed by atoms with Crippen molar-refractivity contribution in [2.75, 3.05) is 13.7 Å². The van der Waals surface area contributed by atoms with E-state index in [1.54, 1.807) is 23.8 Å². The van der Waals surface area contributed by atoms with Gasteiger partial charge in [-0.3, -0.25) is 14.5 Å². The summed E-state index contributed by atoms with van der Waals surface area (Å²) in [6.07, 6.45) is 3.39. The summed E-state index contributed by atoms with van der Waals surface area (Å²) in [6.45, 7) is 2.16. The number of ether oxygens (including phenoxy) is 1. The second kappa shape index (κ2) is 6.19. The van der Waals surface area contributed by atoms with Crippen molar-refractivity contribution in [1.82, 2.24) is 14.8 Å². The minimum Gasteiger partial charge on any atom is -0.465 e. The molecule has 0 aliphatic carbocycles. The van der Waals surface area contributed by atoms with Crippen molar-refractivity contribution in [2.24, 2.45) is 0 Å². The van der Waals surface area contributed by atoms with Gasteiger partial charge >= 0.3 is 12.0 Å². The number of esters is 1. The topological polar surface area (TPSA) is 80.6 Å². The Balaban J connectivity index is 2.02. The molecule has 0 radical (unpaired) electrons. The summed E-state index contributed by atoms with van der Waals surface area (Å²) in [5, 5.41) is 3.42. The molecule has 0 spiro atoms. The van der Waals surface area contributed by atoms with Gasteiger partial charge in [0.15, 0.2) is 0 Å². The predicted octanol–water partition coefficient (Wildman–Crippen LogP) is 1.73. The number of likely N-dealkylation sites (N-methyl/N-ethyl adjacent to an activating group) is 1. The van der Waals surface area contributed by atoms with Crippen LogP contribution < -0.4 is 5.32 Å². The summed E-state index contributed by atoms with van der Waals surface area (Å²) >= 11 is 0. The lowest BCUT2D eigenvalue weighted by molar-refractivity contribution is -0.143. The number of carbonyl (C=O) groups excluding carboxylic acids is 3. The molecule has 2 aromatic rings. The molecule has 1 aromatic heterocycles. The third kappa shape index (κ3) is 2.76. The largest absolute Gasteiger partial charge is 0.465 e. The van der Waals surface area contributed by atoms with Crippen LogP contribution in [0.4, 0.5) is 4.79 Å². The van der Waals surface area contributed by atoms with Crippen LogP contribution in [-0.4, -0.2) is 41.0 Å². The number of hydrogen-bond acceptors (Lipinski definition) is 4. The van der Waals surface area contributed by atoms with Crippen LogP contribution in [0.5, 0.6) is 0 Å². The van der Waals surface area contributed by atoms with Gasteiger partial charge in [0.2, 0.25) is 0 Å². The Labute approximate surface area is 138 Å². The molecule has 1 fully saturated rings. The van der Waals surface area contributed by atoms with Crippen molar-refractivity contribution < 1.29 is 19.1 Å². The van der Waals surface area contributed by atoms with Crippen molar-refractivity contribution in [2.45, 2.75) is 13.5 Å². The van der Waals surface area contributed by atoms with E-state index in [0.29, 0.717) is 6.61 Å². The lowest BCUT2D eigenvalue weighted by atomic mass is 10.1. The van der Waals surface area contributed by atoms with Gasteiger partial charge in [-0.15, -0.1) is 0 Å². The molecule has 24 heavy (non-hydrogen) atoms. The number of hydrogen-bond donors (Lipinski definition) is 1. The average Bonchev–Trinajstić information content (AvgIpc) is 3.02. The maximum absolute atomic E-state index is 12.0. The quantitative estimate of drug-likeness (QED) is 0.527. The van der Waals surface area contributed by atoms with Gasteiger partial charge in [0.25, 0.3) is 5.91 Å². The number of urea groups is 1. The van der Waals surface area contributed by atoms with Gasteiger partial charge in [-0.05, 0) is 19.1 Å². The molecule has 1 N–H and O–H groups in total. The Morgan fingerprint density at radius 2 is 2.04 bits per heavy atom. The fourth-order valence-corrected chi connectivity index (χ4v) is 2.65. The number of benzene rings is 1. The highest BCUT2D eigenvalue weighted by molar-refractivity contribution is 6.14. The molecular formula is C17H17N3O4. The fraction of sp³-hybridized carbons (Fsp3) is 0.235. The number of imide groups is 1. The van der Waals surface area contributed by atoms with Gasteiger partial charge in [-0.25, -0.2) is 4.79 Å². The monoisotopic (exact) mass is 327 g/mol. The van der Waals surface area contributed by atoms with E-state index in [2.05, 4.69) is 5.32 Å².